The zero-order valence-corrected chi connectivity index (χ0v) is 49.4. The molecule has 0 aromatic heterocycles. The van der Waals surface area contributed by atoms with E-state index in [-0.39, 0.29) is 25.5 Å². The number of allylic oxidation sites excluding steroid dienone is 17. The summed E-state index contributed by atoms with van der Waals surface area (Å²) in [5, 5.41) is 13.9. The van der Waals surface area contributed by atoms with Crippen LogP contribution in [0.4, 0.5) is 0 Å². The van der Waals surface area contributed by atoms with Gasteiger partial charge in [-0.3, -0.25) is 13.8 Å². The lowest BCUT2D eigenvalue weighted by molar-refractivity contribution is -0.870. The molecule has 0 aliphatic rings. The van der Waals surface area contributed by atoms with E-state index < -0.39 is 20.0 Å². The molecule has 74 heavy (non-hydrogen) atoms. The van der Waals surface area contributed by atoms with Crippen LogP contribution in [-0.2, 0) is 18.4 Å². The summed E-state index contributed by atoms with van der Waals surface area (Å²) in [5.74, 6) is -0.236. The van der Waals surface area contributed by atoms with E-state index in [0.717, 1.165) is 77.0 Å². The van der Waals surface area contributed by atoms with Gasteiger partial charge in [0.05, 0.1) is 39.9 Å². The number of rotatable bonds is 54. The monoisotopic (exact) mass is 1050 g/mol. The largest absolute Gasteiger partial charge is 0.472 e. The van der Waals surface area contributed by atoms with Crippen LogP contribution in [0.25, 0.3) is 0 Å². The number of hydrogen-bond acceptors (Lipinski definition) is 5. The van der Waals surface area contributed by atoms with E-state index in [9.17, 15) is 19.4 Å². The Morgan fingerprint density at radius 2 is 0.824 bits per heavy atom. The molecule has 0 bridgehead atoms. The number of carbonyl (C=O) groups is 1. The molecule has 3 N–H and O–H groups in total. The Morgan fingerprint density at radius 3 is 1.24 bits per heavy atom. The van der Waals surface area contributed by atoms with Gasteiger partial charge in [-0.1, -0.05) is 252 Å². The number of likely N-dealkylation sites (N-methyl/N-ethyl adjacent to an activating group) is 1. The fourth-order valence-electron chi connectivity index (χ4n) is 8.25. The van der Waals surface area contributed by atoms with Crippen LogP contribution in [-0.4, -0.2) is 73.4 Å². The SMILES string of the molecule is CC/C=C\C/C=C\C/C=C\C/C=C\C/C=C\C/C=C\CCCCC(=O)NC(COP(=O)(O)OCC[N+](C)(C)C)C(O)/C=C/CC/C=C/CC/C=C/CCCCCCCCCCCCCCCCCCCCCCC. The third kappa shape index (κ3) is 56.9. The van der Waals surface area contributed by atoms with Crippen molar-refractivity contribution in [2.24, 2.45) is 0 Å². The molecule has 426 valence electrons. The summed E-state index contributed by atoms with van der Waals surface area (Å²) in [6, 6.07) is -0.902. The first-order chi connectivity index (χ1) is 36.0. The van der Waals surface area contributed by atoms with Crippen molar-refractivity contribution in [1.82, 2.24) is 5.32 Å². The van der Waals surface area contributed by atoms with E-state index in [1.165, 1.54) is 141 Å². The van der Waals surface area contributed by atoms with E-state index in [4.69, 9.17) is 9.05 Å². The van der Waals surface area contributed by atoms with Crippen LogP contribution in [0.5, 0.6) is 0 Å². The number of hydrogen-bond donors (Lipinski definition) is 3. The number of aliphatic hydroxyl groups is 1. The molecule has 8 nitrogen and oxygen atoms in total. The van der Waals surface area contributed by atoms with Crippen molar-refractivity contribution < 1.29 is 32.9 Å². The molecule has 3 atom stereocenters. The number of phosphoric ester groups is 1. The molecule has 9 heteroatoms. The summed E-state index contributed by atoms with van der Waals surface area (Å²) >= 11 is 0. The van der Waals surface area contributed by atoms with Gasteiger partial charge in [-0.2, -0.15) is 0 Å². The van der Waals surface area contributed by atoms with Crippen LogP contribution < -0.4 is 5.32 Å². The minimum absolute atomic E-state index is 0.0387. The molecule has 0 aromatic rings. The second-order valence-electron chi connectivity index (χ2n) is 21.3. The summed E-state index contributed by atoms with van der Waals surface area (Å²) in [4.78, 5) is 23.3. The zero-order valence-electron chi connectivity index (χ0n) is 48.5. The van der Waals surface area contributed by atoms with Crippen molar-refractivity contribution in [3.63, 3.8) is 0 Å². The van der Waals surface area contributed by atoms with Gasteiger partial charge in [0.15, 0.2) is 0 Å². The lowest BCUT2D eigenvalue weighted by Crippen LogP contribution is -2.45. The molecule has 0 spiro atoms. The lowest BCUT2D eigenvalue weighted by Gasteiger charge is -2.25. The van der Waals surface area contributed by atoms with E-state index >= 15 is 0 Å². The number of nitrogens with zero attached hydrogens (tertiary/aromatic N) is 1. The molecule has 0 fully saturated rings. The topological polar surface area (TPSA) is 105 Å². The lowest BCUT2D eigenvalue weighted by atomic mass is 10.0. The Balaban J connectivity index is 4.31. The van der Waals surface area contributed by atoms with Crippen LogP contribution in [0, 0.1) is 0 Å². The van der Waals surface area contributed by atoms with Gasteiger partial charge in [0.2, 0.25) is 5.91 Å². The molecule has 0 saturated carbocycles. The number of quaternary nitrogens is 1. The summed E-state index contributed by atoms with van der Waals surface area (Å²) in [6.07, 6.45) is 80.8. The highest BCUT2D eigenvalue weighted by molar-refractivity contribution is 7.47. The summed E-state index contributed by atoms with van der Waals surface area (Å²) in [5.41, 5.74) is 0. The molecule has 1 amide bonds. The van der Waals surface area contributed by atoms with E-state index in [1.807, 2.05) is 27.2 Å². The Morgan fingerprint density at radius 1 is 0.473 bits per heavy atom. The first-order valence-electron chi connectivity index (χ1n) is 30.3. The summed E-state index contributed by atoms with van der Waals surface area (Å²) in [7, 11) is 1.50. The van der Waals surface area contributed by atoms with Crippen molar-refractivity contribution in [2.75, 3.05) is 40.9 Å². The number of unbranched alkanes of at least 4 members (excludes halogenated alkanes) is 25. The molecule has 0 aliphatic carbocycles. The number of carbonyl (C=O) groups excluding carboxylic acids is 1. The number of phosphoric acid groups is 1. The Kier molecular flexibility index (Phi) is 52.8. The molecule has 3 unspecified atom stereocenters. The third-order valence-electron chi connectivity index (χ3n) is 13.0. The number of amides is 1. The average molecular weight is 1050 g/mol. The first kappa shape index (κ1) is 71.2. The van der Waals surface area contributed by atoms with Crippen LogP contribution in [0.15, 0.2) is 109 Å². The Labute approximate surface area is 457 Å². The van der Waals surface area contributed by atoms with Gasteiger partial charge in [0, 0.05) is 6.42 Å². The predicted molar refractivity (Wildman–Crippen MR) is 322 cm³/mol. The quantitative estimate of drug-likeness (QED) is 0.0243. The molecule has 0 heterocycles. The normalized spacial score (nSPS) is 14.6. The fourth-order valence-corrected chi connectivity index (χ4v) is 8.99. The maximum Gasteiger partial charge on any atom is 0.472 e. The van der Waals surface area contributed by atoms with Crippen molar-refractivity contribution in [1.29, 1.82) is 0 Å². The zero-order chi connectivity index (χ0) is 54.2. The van der Waals surface area contributed by atoms with E-state index in [1.54, 1.807) is 6.08 Å². The van der Waals surface area contributed by atoms with Crippen molar-refractivity contribution >= 4 is 13.7 Å². The highest BCUT2D eigenvalue weighted by atomic mass is 31.2. The van der Waals surface area contributed by atoms with Crippen LogP contribution in [0.3, 0.4) is 0 Å². The van der Waals surface area contributed by atoms with Crippen molar-refractivity contribution in [2.45, 2.75) is 257 Å². The van der Waals surface area contributed by atoms with Gasteiger partial charge in [-0.15, -0.1) is 0 Å². The smallest absolute Gasteiger partial charge is 0.387 e. The van der Waals surface area contributed by atoms with Crippen LogP contribution in [0.2, 0.25) is 0 Å². The summed E-state index contributed by atoms with van der Waals surface area (Å²) < 4.78 is 23.7. The molecule has 0 rings (SSSR count). The van der Waals surface area contributed by atoms with E-state index in [0.29, 0.717) is 17.4 Å². The highest BCUT2D eigenvalue weighted by Crippen LogP contribution is 2.43. The first-order valence-corrected chi connectivity index (χ1v) is 31.8. The van der Waals surface area contributed by atoms with Crippen LogP contribution in [0.1, 0.15) is 245 Å². The van der Waals surface area contributed by atoms with Gasteiger partial charge < -0.3 is 19.8 Å². The molecule has 0 saturated heterocycles. The van der Waals surface area contributed by atoms with Gasteiger partial charge in [-0.25, -0.2) is 4.57 Å². The molecular weight excluding hydrogens is 936 g/mol. The number of aliphatic hydroxyl groups excluding tert-OH is 1. The van der Waals surface area contributed by atoms with Gasteiger partial charge in [0.25, 0.3) is 0 Å². The molecular formula is C65H116N2O6P+. The third-order valence-corrected chi connectivity index (χ3v) is 13.9. The minimum Gasteiger partial charge on any atom is -0.387 e. The van der Waals surface area contributed by atoms with Gasteiger partial charge in [-0.05, 0) is 96.3 Å². The molecule has 0 aromatic carbocycles. The van der Waals surface area contributed by atoms with Crippen LogP contribution >= 0.6 is 7.82 Å². The van der Waals surface area contributed by atoms with E-state index in [2.05, 4.69) is 116 Å². The fraction of sp³-hybridized carbons (Fsp3) is 0.708. The van der Waals surface area contributed by atoms with Crippen molar-refractivity contribution in [3.05, 3.63) is 109 Å². The molecule has 0 radical (unpaired) electrons. The van der Waals surface area contributed by atoms with Gasteiger partial charge in [0.1, 0.15) is 13.2 Å². The minimum atomic E-state index is -4.38. The highest BCUT2D eigenvalue weighted by Gasteiger charge is 2.27. The van der Waals surface area contributed by atoms with Crippen molar-refractivity contribution in [3.8, 4) is 0 Å². The maximum atomic E-state index is 13.0. The maximum absolute atomic E-state index is 13.0. The second kappa shape index (κ2) is 54.9. The summed E-state index contributed by atoms with van der Waals surface area (Å²) in [6.45, 7) is 4.64. The molecule has 0 aliphatic heterocycles. The Bertz CT molecular complexity index is 1570. The second-order valence-corrected chi connectivity index (χ2v) is 22.8. The van der Waals surface area contributed by atoms with Gasteiger partial charge >= 0.3 is 7.82 Å². The Hall–Kier alpha value is -2.84. The standard InChI is InChI=1S/C65H115N2O6P/c1-6-8-10-12-14-16-18-20-22-24-26-28-29-30-31-32-33-34-35-36-37-39-40-42-44-46-48-50-52-54-56-58-64(68)63(62-73-74(70,71)72-61-60-67(3,4)5)66-65(69)59-57-55-53-51-49-47-45-43-41-38-27-25-23-21-19-17-15-13-11-9-7-2/h9,11,15,17,21,23,27,38,40,42-43,45,48-51,56,58,63-64,68H,6-8,10,12-14,16,18-20,22,24-26,28-37,39,41,44,46-47,52-55,57,59-62H2,1-5H3,(H-,66,69,70,71)/p+1/b11-9-,17-15-,23-21-,38-27-,42-40+,45-43-,50-48+,51-49-,58-56+. The number of nitrogens with one attached hydrogen (secondary N) is 1. The average Bonchev–Trinajstić information content (AvgIpc) is 3.36. The predicted octanol–water partition coefficient (Wildman–Crippen LogP) is 18.8.